The van der Waals surface area contributed by atoms with Crippen molar-refractivity contribution in [3.05, 3.63) is 35.0 Å². The highest BCUT2D eigenvalue weighted by Crippen LogP contribution is 2.27. The minimum atomic E-state index is 0.399. The Bertz CT molecular complexity index is 592. The monoisotopic (exact) mass is 294 g/mol. The first kappa shape index (κ1) is 13.0. The lowest BCUT2D eigenvalue weighted by atomic mass is 10.1. The molecule has 3 rings (SSSR count). The summed E-state index contributed by atoms with van der Waals surface area (Å²) in [6, 6.07) is 8.42. The van der Waals surface area contributed by atoms with E-state index in [0.717, 1.165) is 29.6 Å². The van der Waals surface area contributed by atoms with Gasteiger partial charge in [0.1, 0.15) is 5.15 Å². The normalized spacial score (nSPS) is 16.0. The zero-order chi connectivity index (χ0) is 13.2. The molecule has 0 amide bonds. The quantitative estimate of drug-likeness (QED) is 0.594. The number of hydrogen-bond acceptors (Lipinski definition) is 2. The highest BCUT2D eigenvalue weighted by molar-refractivity contribution is 6.31. The standard InChI is InChI=1S/C15H16Cl2N2/c16-10-12-8-11-9-13(19-6-2-1-3-7-19)4-5-14(11)18-15(12)17/h4-5,8-9H,1-3,6-7,10H2. The molecule has 0 saturated carbocycles. The van der Waals surface area contributed by atoms with Gasteiger partial charge in [0.2, 0.25) is 0 Å². The van der Waals surface area contributed by atoms with Crippen LogP contribution in [-0.2, 0) is 5.88 Å². The fourth-order valence-corrected chi connectivity index (χ4v) is 3.11. The Morgan fingerprint density at radius 2 is 1.89 bits per heavy atom. The molecule has 0 radical (unpaired) electrons. The van der Waals surface area contributed by atoms with E-state index in [0.29, 0.717) is 11.0 Å². The summed E-state index contributed by atoms with van der Waals surface area (Å²) in [5.41, 5.74) is 3.10. The lowest BCUT2D eigenvalue weighted by Crippen LogP contribution is -2.29. The van der Waals surface area contributed by atoms with E-state index in [2.05, 4.69) is 22.0 Å². The number of alkyl halides is 1. The summed E-state index contributed by atoms with van der Waals surface area (Å²) in [6.07, 6.45) is 3.91. The molecule has 1 saturated heterocycles. The Hall–Kier alpha value is -0.990. The average molecular weight is 295 g/mol. The number of nitrogens with zero attached hydrogens (tertiary/aromatic N) is 2. The van der Waals surface area contributed by atoms with Gasteiger partial charge in [0, 0.05) is 29.7 Å². The lowest BCUT2D eigenvalue weighted by Gasteiger charge is -2.29. The molecule has 2 aromatic rings. The van der Waals surface area contributed by atoms with E-state index in [4.69, 9.17) is 23.2 Å². The van der Waals surface area contributed by atoms with Gasteiger partial charge in [-0.05, 0) is 43.5 Å². The molecule has 0 bridgehead atoms. The van der Waals surface area contributed by atoms with Crippen molar-refractivity contribution in [3.8, 4) is 0 Å². The van der Waals surface area contributed by atoms with Crippen LogP contribution < -0.4 is 4.90 Å². The van der Waals surface area contributed by atoms with Crippen LogP contribution in [0.1, 0.15) is 24.8 Å². The second-order valence-corrected chi connectivity index (χ2v) is 5.62. The van der Waals surface area contributed by atoms with Crippen molar-refractivity contribution in [3.63, 3.8) is 0 Å². The molecule has 0 atom stereocenters. The van der Waals surface area contributed by atoms with Crippen molar-refractivity contribution >= 4 is 39.8 Å². The van der Waals surface area contributed by atoms with E-state index in [-0.39, 0.29) is 0 Å². The van der Waals surface area contributed by atoms with Crippen molar-refractivity contribution in [2.24, 2.45) is 0 Å². The highest BCUT2D eigenvalue weighted by Gasteiger charge is 2.12. The fraction of sp³-hybridized carbons (Fsp3) is 0.400. The van der Waals surface area contributed by atoms with Gasteiger partial charge in [-0.1, -0.05) is 11.6 Å². The SMILES string of the molecule is ClCc1cc2cc(N3CCCCC3)ccc2nc1Cl. The van der Waals surface area contributed by atoms with E-state index in [1.165, 1.54) is 24.9 Å². The number of fused-ring (bicyclic) bond motifs is 1. The molecule has 2 heterocycles. The van der Waals surface area contributed by atoms with Gasteiger partial charge in [0.25, 0.3) is 0 Å². The summed E-state index contributed by atoms with van der Waals surface area (Å²) in [5.74, 6) is 0.399. The van der Waals surface area contributed by atoms with Crippen LogP contribution in [0.25, 0.3) is 10.9 Å². The molecule has 1 aromatic heterocycles. The summed E-state index contributed by atoms with van der Waals surface area (Å²) < 4.78 is 0. The molecule has 2 nitrogen and oxygen atoms in total. The van der Waals surface area contributed by atoms with Gasteiger partial charge in [-0.3, -0.25) is 0 Å². The van der Waals surface area contributed by atoms with Gasteiger partial charge in [-0.2, -0.15) is 0 Å². The number of rotatable bonds is 2. The lowest BCUT2D eigenvalue weighted by molar-refractivity contribution is 0.578. The average Bonchev–Trinajstić information content (AvgIpc) is 2.47. The summed E-state index contributed by atoms with van der Waals surface area (Å²) in [4.78, 5) is 6.84. The van der Waals surface area contributed by atoms with E-state index >= 15 is 0 Å². The van der Waals surface area contributed by atoms with Gasteiger partial charge in [0.15, 0.2) is 0 Å². The third-order valence-electron chi connectivity index (χ3n) is 3.69. The highest BCUT2D eigenvalue weighted by atomic mass is 35.5. The summed E-state index contributed by atoms with van der Waals surface area (Å²) >= 11 is 12.0. The minimum Gasteiger partial charge on any atom is -0.372 e. The van der Waals surface area contributed by atoms with E-state index in [9.17, 15) is 0 Å². The number of benzene rings is 1. The third kappa shape index (κ3) is 2.65. The van der Waals surface area contributed by atoms with Crippen molar-refractivity contribution in [2.75, 3.05) is 18.0 Å². The van der Waals surface area contributed by atoms with Gasteiger partial charge >= 0.3 is 0 Å². The molecule has 4 heteroatoms. The molecule has 0 spiro atoms. The first-order valence-corrected chi connectivity index (χ1v) is 7.59. The predicted octanol–water partition coefficient (Wildman–Crippen LogP) is 4.62. The maximum Gasteiger partial charge on any atom is 0.134 e. The Morgan fingerprint density at radius 3 is 2.63 bits per heavy atom. The number of piperidine rings is 1. The van der Waals surface area contributed by atoms with E-state index < -0.39 is 0 Å². The summed E-state index contributed by atoms with van der Waals surface area (Å²) in [7, 11) is 0. The van der Waals surface area contributed by atoms with Crippen LogP contribution >= 0.6 is 23.2 Å². The maximum absolute atomic E-state index is 6.09. The van der Waals surface area contributed by atoms with Crippen LogP contribution in [0.2, 0.25) is 5.15 Å². The predicted molar refractivity (Wildman–Crippen MR) is 82.4 cm³/mol. The number of hydrogen-bond donors (Lipinski definition) is 0. The number of pyridine rings is 1. The molecular weight excluding hydrogens is 279 g/mol. The Labute approximate surface area is 123 Å². The second-order valence-electron chi connectivity index (χ2n) is 5.00. The molecule has 0 aliphatic carbocycles. The number of anilines is 1. The first-order valence-electron chi connectivity index (χ1n) is 6.68. The van der Waals surface area contributed by atoms with Gasteiger partial charge in [-0.25, -0.2) is 4.98 Å². The third-order valence-corrected chi connectivity index (χ3v) is 4.30. The molecule has 1 aromatic carbocycles. The maximum atomic E-state index is 6.09. The molecule has 100 valence electrons. The van der Waals surface area contributed by atoms with Gasteiger partial charge < -0.3 is 4.90 Å². The summed E-state index contributed by atoms with van der Waals surface area (Å²) in [6.45, 7) is 2.30. The van der Waals surface area contributed by atoms with Crippen LogP contribution in [0.5, 0.6) is 0 Å². The molecule has 1 fully saturated rings. The molecule has 1 aliphatic heterocycles. The van der Waals surface area contributed by atoms with E-state index in [1.54, 1.807) is 0 Å². The largest absolute Gasteiger partial charge is 0.372 e. The zero-order valence-corrected chi connectivity index (χ0v) is 12.2. The Morgan fingerprint density at radius 1 is 1.11 bits per heavy atom. The zero-order valence-electron chi connectivity index (χ0n) is 10.7. The number of aromatic nitrogens is 1. The second kappa shape index (κ2) is 5.56. The summed E-state index contributed by atoms with van der Waals surface area (Å²) in [5, 5.41) is 1.62. The van der Waals surface area contributed by atoms with Crippen molar-refractivity contribution < 1.29 is 0 Å². The number of halogens is 2. The van der Waals surface area contributed by atoms with Crippen LogP contribution in [0.3, 0.4) is 0 Å². The Kier molecular flexibility index (Phi) is 3.81. The molecular formula is C15H16Cl2N2. The van der Waals surface area contributed by atoms with Gasteiger partial charge in [0.05, 0.1) is 11.4 Å². The van der Waals surface area contributed by atoms with Crippen molar-refractivity contribution in [1.29, 1.82) is 0 Å². The molecule has 1 aliphatic rings. The minimum absolute atomic E-state index is 0.399. The Balaban J connectivity index is 2.01. The van der Waals surface area contributed by atoms with Crippen LogP contribution in [-0.4, -0.2) is 18.1 Å². The fourth-order valence-electron chi connectivity index (χ4n) is 2.63. The van der Waals surface area contributed by atoms with Crippen LogP contribution in [0, 0.1) is 0 Å². The molecule has 0 N–H and O–H groups in total. The topological polar surface area (TPSA) is 16.1 Å². The van der Waals surface area contributed by atoms with Crippen molar-refractivity contribution in [2.45, 2.75) is 25.1 Å². The molecule has 19 heavy (non-hydrogen) atoms. The van der Waals surface area contributed by atoms with Crippen LogP contribution in [0.4, 0.5) is 5.69 Å². The van der Waals surface area contributed by atoms with E-state index in [1.807, 2.05) is 12.1 Å². The van der Waals surface area contributed by atoms with Crippen molar-refractivity contribution in [1.82, 2.24) is 4.98 Å². The molecule has 0 unspecified atom stereocenters. The first-order chi connectivity index (χ1) is 9.28. The van der Waals surface area contributed by atoms with Crippen LogP contribution in [0.15, 0.2) is 24.3 Å². The smallest absolute Gasteiger partial charge is 0.134 e. The van der Waals surface area contributed by atoms with Gasteiger partial charge in [-0.15, -0.1) is 11.6 Å².